The third kappa shape index (κ3) is 5.39. The number of amides is 1. The fraction of sp³-hybridized carbons (Fsp3) is 0.200. The van der Waals surface area contributed by atoms with Gasteiger partial charge in [-0.25, -0.2) is 5.43 Å². The summed E-state index contributed by atoms with van der Waals surface area (Å²) in [5.41, 5.74) is 6.45. The quantitative estimate of drug-likeness (QED) is 0.648. The van der Waals surface area contributed by atoms with E-state index in [9.17, 15) is 4.79 Å². The summed E-state index contributed by atoms with van der Waals surface area (Å²) >= 11 is 0. The second-order valence-electron chi connectivity index (χ2n) is 5.52. The number of carbonyl (C=O) groups excluding carboxylic acids is 1. The van der Waals surface area contributed by atoms with Gasteiger partial charge in [0.05, 0.1) is 5.71 Å². The lowest BCUT2D eigenvalue weighted by atomic mass is 10.1. The minimum Gasteiger partial charge on any atom is -0.483 e. The Morgan fingerprint density at radius 3 is 2.62 bits per heavy atom. The highest BCUT2D eigenvalue weighted by molar-refractivity contribution is 5.97. The molecule has 0 heterocycles. The lowest BCUT2D eigenvalue weighted by Crippen LogP contribution is -2.25. The van der Waals surface area contributed by atoms with E-state index in [0.717, 1.165) is 22.4 Å². The van der Waals surface area contributed by atoms with Crippen molar-refractivity contribution in [2.75, 3.05) is 6.61 Å². The van der Waals surface area contributed by atoms with E-state index in [1.807, 2.05) is 81.5 Å². The van der Waals surface area contributed by atoms with Crippen molar-refractivity contribution in [3.63, 3.8) is 0 Å². The highest BCUT2D eigenvalue weighted by Crippen LogP contribution is 2.20. The number of nitrogens with one attached hydrogen (secondary N) is 1. The molecule has 4 heteroatoms. The van der Waals surface area contributed by atoms with Gasteiger partial charge in [0.2, 0.25) is 0 Å². The molecule has 0 radical (unpaired) electrons. The minimum atomic E-state index is -0.289. The third-order valence-corrected chi connectivity index (χ3v) is 3.59. The lowest BCUT2D eigenvalue weighted by molar-refractivity contribution is -0.123. The molecule has 0 saturated heterocycles. The molecule has 2 rings (SSSR count). The van der Waals surface area contributed by atoms with E-state index in [4.69, 9.17) is 4.74 Å². The molecule has 2 aromatic rings. The molecule has 0 bridgehead atoms. The molecule has 0 aliphatic rings. The highest BCUT2D eigenvalue weighted by Gasteiger charge is 2.05. The number of hydrazone groups is 1. The number of nitrogens with zero attached hydrogens (tertiary/aromatic N) is 1. The van der Waals surface area contributed by atoms with Crippen molar-refractivity contribution < 1.29 is 9.53 Å². The molecule has 1 amide bonds. The second kappa shape index (κ2) is 8.67. The van der Waals surface area contributed by atoms with Crippen LogP contribution in [0.5, 0.6) is 5.75 Å². The molecule has 24 heavy (non-hydrogen) atoms. The van der Waals surface area contributed by atoms with Crippen LogP contribution in [0.2, 0.25) is 0 Å². The molecule has 0 unspecified atom stereocenters. The largest absolute Gasteiger partial charge is 0.483 e. The molecule has 124 valence electrons. The molecule has 0 spiro atoms. The average molecular weight is 322 g/mol. The molecule has 0 fully saturated rings. The van der Waals surface area contributed by atoms with Crippen molar-refractivity contribution in [3.05, 3.63) is 71.3 Å². The number of ether oxygens (including phenoxy) is 1. The molecule has 0 aliphatic heterocycles. The Balaban J connectivity index is 1.83. The Bertz CT molecular complexity index is 749. The number of hydrogen-bond acceptors (Lipinski definition) is 3. The van der Waals surface area contributed by atoms with Gasteiger partial charge >= 0.3 is 0 Å². The third-order valence-electron chi connectivity index (χ3n) is 3.59. The zero-order valence-corrected chi connectivity index (χ0v) is 14.2. The molecular weight excluding hydrogens is 300 g/mol. The summed E-state index contributed by atoms with van der Waals surface area (Å²) in [7, 11) is 0. The molecule has 2 aromatic carbocycles. The standard InChI is InChI=1S/C20H22N2O2/c1-15-8-7-11-19(17(15)3)24-14-20(23)22-21-16(2)12-13-18-9-5-4-6-10-18/h4-13H,14H2,1-3H3,(H,22,23)/b13-12+,21-16-. The fourth-order valence-electron chi connectivity index (χ4n) is 2.02. The zero-order valence-electron chi connectivity index (χ0n) is 14.2. The maximum absolute atomic E-state index is 11.8. The van der Waals surface area contributed by atoms with Crippen LogP contribution in [0.1, 0.15) is 23.6 Å². The van der Waals surface area contributed by atoms with Crippen LogP contribution in [0, 0.1) is 13.8 Å². The number of benzene rings is 2. The molecule has 0 aliphatic carbocycles. The number of carbonyl (C=O) groups is 1. The average Bonchev–Trinajstić information content (AvgIpc) is 2.60. The molecular formula is C20H22N2O2. The van der Waals surface area contributed by atoms with Crippen molar-refractivity contribution in [3.8, 4) is 5.75 Å². The summed E-state index contributed by atoms with van der Waals surface area (Å²) in [6.45, 7) is 5.74. The van der Waals surface area contributed by atoms with E-state index >= 15 is 0 Å². The lowest BCUT2D eigenvalue weighted by Gasteiger charge is -2.09. The molecule has 0 atom stereocenters. The van der Waals surface area contributed by atoms with Crippen LogP contribution in [0.25, 0.3) is 6.08 Å². The van der Waals surface area contributed by atoms with Gasteiger partial charge in [-0.3, -0.25) is 4.79 Å². The minimum absolute atomic E-state index is 0.0660. The van der Waals surface area contributed by atoms with Gasteiger partial charge in [-0.1, -0.05) is 48.5 Å². The van der Waals surface area contributed by atoms with Gasteiger partial charge in [-0.15, -0.1) is 0 Å². The van der Waals surface area contributed by atoms with E-state index in [1.54, 1.807) is 0 Å². The highest BCUT2D eigenvalue weighted by atomic mass is 16.5. The van der Waals surface area contributed by atoms with E-state index in [-0.39, 0.29) is 12.5 Å². The monoisotopic (exact) mass is 322 g/mol. The van der Waals surface area contributed by atoms with Crippen LogP contribution in [0.3, 0.4) is 0 Å². The predicted octanol–water partition coefficient (Wildman–Crippen LogP) is 3.89. The molecule has 0 saturated carbocycles. The van der Waals surface area contributed by atoms with Gasteiger partial charge in [0.1, 0.15) is 5.75 Å². The summed E-state index contributed by atoms with van der Waals surface area (Å²) in [5.74, 6) is 0.429. The Labute approximate surface area is 142 Å². The Kier molecular flexibility index (Phi) is 6.32. The van der Waals surface area contributed by atoms with Gasteiger partial charge in [0, 0.05) is 0 Å². The summed E-state index contributed by atoms with van der Waals surface area (Å²) in [4.78, 5) is 11.8. The van der Waals surface area contributed by atoms with Crippen molar-refractivity contribution in [1.82, 2.24) is 5.43 Å². The van der Waals surface area contributed by atoms with Gasteiger partial charge in [0.15, 0.2) is 6.61 Å². The number of allylic oxidation sites excluding steroid dienone is 1. The van der Waals surface area contributed by atoms with Crippen LogP contribution in [0.15, 0.2) is 59.7 Å². The molecule has 4 nitrogen and oxygen atoms in total. The van der Waals surface area contributed by atoms with Crippen molar-refractivity contribution in [2.45, 2.75) is 20.8 Å². The zero-order chi connectivity index (χ0) is 17.4. The number of hydrogen-bond donors (Lipinski definition) is 1. The Morgan fingerprint density at radius 2 is 1.88 bits per heavy atom. The van der Waals surface area contributed by atoms with Crippen molar-refractivity contribution in [1.29, 1.82) is 0 Å². The number of aryl methyl sites for hydroxylation is 1. The van der Waals surface area contributed by atoms with E-state index < -0.39 is 0 Å². The smallest absolute Gasteiger partial charge is 0.277 e. The van der Waals surface area contributed by atoms with Gasteiger partial charge in [0.25, 0.3) is 5.91 Å². The first-order valence-corrected chi connectivity index (χ1v) is 7.81. The number of rotatable bonds is 6. The topological polar surface area (TPSA) is 50.7 Å². The van der Waals surface area contributed by atoms with E-state index in [1.165, 1.54) is 0 Å². The van der Waals surface area contributed by atoms with Gasteiger partial charge in [-0.05, 0) is 49.6 Å². The summed E-state index contributed by atoms with van der Waals surface area (Å²) in [6, 6.07) is 15.7. The van der Waals surface area contributed by atoms with Crippen molar-refractivity contribution >= 4 is 17.7 Å². The normalized spacial score (nSPS) is 11.5. The maximum atomic E-state index is 11.8. The fourth-order valence-corrected chi connectivity index (χ4v) is 2.02. The van der Waals surface area contributed by atoms with Crippen LogP contribution in [0.4, 0.5) is 0 Å². The maximum Gasteiger partial charge on any atom is 0.277 e. The predicted molar refractivity (Wildman–Crippen MR) is 98.1 cm³/mol. The van der Waals surface area contributed by atoms with Crippen LogP contribution < -0.4 is 10.2 Å². The van der Waals surface area contributed by atoms with Gasteiger partial charge < -0.3 is 4.74 Å². The molecule has 0 aromatic heterocycles. The first kappa shape index (κ1) is 17.5. The Morgan fingerprint density at radius 1 is 1.12 bits per heavy atom. The Hall–Kier alpha value is -2.88. The van der Waals surface area contributed by atoms with Gasteiger partial charge in [-0.2, -0.15) is 5.10 Å². The SMILES string of the molecule is CC(/C=C/c1ccccc1)=N/NC(=O)COc1cccc(C)c1C. The summed E-state index contributed by atoms with van der Waals surface area (Å²) < 4.78 is 5.54. The van der Waals surface area contributed by atoms with Crippen LogP contribution in [-0.4, -0.2) is 18.2 Å². The van der Waals surface area contributed by atoms with E-state index in [0.29, 0.717) is 5.71 Å². The van der Waals surface area contributed by atoms with Crippen LogP contribution in [-0.2, 0) is 4.79 Å². The molecule has 1 N–H and O–H groups in total. The summed E-state index contributed by atoms with van der Waals surface area (Å²) in [5, 5.41) is 4.04. The van der Waals surface area contributed by atoms with Crippen LogP contribution >= 0.6 is 0 Å². The first-order chi connectivity index (χ1) is 11.6. The van der Waals surface area contributed by atoms with Crippen molar-refractivity contribution in [2.24, 2.45) is 5.10 Å². The second-order valence-corrected chi connectivity index (χ2v) is 5.52. The summed E-state index contributed by atoms with van der Waals surface area (Å²) in [6.07, 6.45) is 3.79. The first-order valence-electron chi connectivity index (χ1n) is 7.81. The van der Waals surface area contributed by atoms with E-state index in [2.05, 4.69) is 10.5 Å².